The summed E-state index contributed by atoms with van der Waals surface area (Å²) in [7, 11) is 0. The minimum absolute atomic E-state index is 0.337. The second-order valence-corrected chi connectivity index (χ2v) is 4.05. The first-order valence-electron chi connectivity index (χ1n) is 5.67. The van der Waals surface area contributed by atoms with Gasteiger partial charge in [-0.2, -0.15) is 5.26 Å². The van der Waals surface area contributed by atoms with E-state index in [2.05, 4.69) is 11.4 Å². The van der Waals surface area contributed by atoms with E-state index in [1.165, 1.54) is 6.26 Å². The Morgan fingerprint density at radius 1 is 1.44 bits per heavy atom. The zero-order valence-corrected chi connectivity index (χ0v) is 10.1. The highest BCUT2D eigenvalue weighted by molar-refractivity contribution is 5.55. The summed E-state index contributed by atoms with van der Waals surface area (Å²) >= 11 is 0. The van der Waals surface area contributed by atoms with E-state index in [0.29, 0.717) is 17.9 Å². The van der Waals surface area contributed by atoms with E-state index in [-0.39, 0.29) is 0 Å². The summed E-state index contributed by atoms with van der Waals surface area (Å²) in [5, 5.41) is 21.8. The number of nitriles is 1. The normalized spacial score (nSPS) is 11.8. The number of nitrogens with zero attached hydrogens (tertiary/aromatic N) is 1. The highest BCUT2D eigenvalue weighted by Crippen LogP contribution is 2.19. The van der Waals surface area contributed by atoms with Crippen molar-refractivity contribution < 1.29 is 9.52 Å². The number of rotatable bonds is 4. The predicted molar refractivity (Wildman–Crippen MR) is 68.1 cm³/mol. The number of anilines is 1. The van der Waals surface area contributed by atoms with Crippen molar-refractivity contribution in [2.75, 3.05) is 11.9 Å². The van der Waals surface area contributed by atoms with Crippen LogP contribution in [0.25, 0.3) is 0 Å². The minimum Gasteiger partial charge on any atom is -0.467 e. The van der Waals surface area contributed by atoms with Crippen LogP contribution < -0.4 is 5.32 Å². The Balaban J connectivity index is 2.04. The van der Waals surface area contributed by atoms with Crippen LogP contribution in [0.3, 0.4) is 0 Å². The molecule has 0 fully saturated rings. The molecule has 2 rings (SSSR count). The van der Waals surface area contributed by atoms with Crippen molar-refractivity contribution in [3.63, 3.8) is 0 Å². The Labute approximate surface area is 105 Å². The summed E-state index contributed by atoms with van der Waals surface area (Å²) in [4.78, 5) is 0. The second-order valence-electron chi connectivity index (χ2n) is 4.05. The van der Waals surface area contributed by atoms with E-state index in [4.69, 9.17) is 9.68 Å². The molecule has 0 spiro atoms. The fourth-order valence-corrected chi connectivity index (χ4v) is 1.67. The Hall–Kier alpha value is -2.25. The fourth-order valence-electron chi connectivity index (χ4n) is 1.67. The third kappa shape index (κ3) is 2.70. The molecule has 0 bridgehead atoms. The average Bonchev–Trinajstić information content (AvgIpc) is 2.91. The van der Waals surface area contributed by atoms with Crippen LogP contribution in [0.2, 0.25) is 0 Å². The van der Waals surface area contributed by atoms with Gasteiger partial charge in [-0.15, -0.1) is 0 Å². The van der Waals surface area contributed by atoms with E-state index >= 15 is 0 Å². The van der Waals surface area contributed by atoms with Crippen LogP contribution in [-0.4, -0.2) is 11.7 Å². The van der Waals surface area contributed by atoms with Crippen LogP contribution >= 0.6 is 0 Å². The summed E-state index contributed by atoms with van der Waals surface area (Å²) in [6, 6.07) is 11.0. The molecule has 4 nitrogen and oxygen atoms in total. The third-order valence-corrected chi connectivity index (χ3v) is 2.72. The maximum absolute atomic E-state index is 9.87. The van der Waals surface area contributed by atoms with Crippen molar-refractivity contribution in [2.45, 2.75) is 13.0 Å². The lowest BCUT2D eigenvalue weighted by Gasteiger charge is -2.12. The smallest absolute Gasteiger partial charge is 0.134 e. The number of aliphatic hydroxyl groups is 1. The Morgan fingerprint density at radius 2 is 2.28 bits per heavy atom. The maximum Gasteiger partial charge on any atom is 0.134 e. The first-order chi connectivity index (χ1) is 8.70. The average molecular weight is 242 g/mol. The number of nitrogens with one attached hydrogen (secondary N) is 1. The molecule has 0 saturated carbocycles. The van der Waals surface area contributed by atoms with Gasteiger partial charge >= 0.3 is 0 Å². The van der Waals surface area contributed by atoms with E-state index in [1.54, 1.807) is 24.3 Å². The number of furan rings is 1. The highest BCUT2D eigenvalue weighted by Gasteiger charge is 2.10. The molecular formula is C14H14N2O2. The molecule has 0 aliphatic heterocycles. The molecule has 4 heteroatoms. The molecule has 2 N–H and O–H groups in total. The first-order valence-corrected chi connectivity index (χ1v) is 5.67. The molecule has 1 aromatic carbocycles. The van der Waals surface area contributed by atoms with Crippen molar-refractivity contribution in [1.29, 1.82) is 5.26 Å². The van der Waals surface area contributed by atoms with E-state index in [1.807, 2.05) is 13.0 Å². The van der Waals surface area contributed by atoms with Gasteiger partial charge in [-0.25, -0.2) is 0 Å². The number of hydrogen-bond donors (Lipinski definition) is 2. The molecule has 18 heavy (non-hydrogen) atoms. The predicted octanol–water partition coefficient (Wildman–Crippen LogP) is 2.61. The van der Waals surface area contributed by atoms with Crippen LogP contribution in [0.15, 0.2) is 41.0 Å². The molecule has 0 amide bonds. The molecule has 1 aromatic heterocycles. The standard InChI is InChI=1S/C14H14N2O2/c1-10-4-5-11(8-15)7-12(10)16-9-13(17)14-3-2-6-18-14/h2-7,13,16-17H,9H2,1H3. The molecule has 92 valence electrons. The first kappa shape index (κ1) is 12.2. The van der Waals surface area contributed by atoms with Crippen molar-refractivity contribution in [3.05, 3.63) is 53.5 Å². The van der Waals surface area contributed by atoms with Gasteiger partial charge < -0.3 is 14.8 Å². The molecule has 1 atom stereocenters. The monoisotopic (exact) mass is 242 g/mol. The lowest BCUT2D eigenvalue weighted by molar-refractivity contribution is 0.162. The molecule has 1 heterocycles. The number of benzene rings is 1. The van der Waals surface area contributed by atoms with Crippen molar-refractivity contribution in [2.24, 2.45) is 0 Å². The van der Waals surface area contributed by atoms with Gasteiger partial charge in [0.1, 0.15) is 11.9 Å². The SMILES string of the molecule is Cc1ccc(C#N)cc1NCC(O)c1ccco1. The van der Waals surface area contributed by atoms with Gasteiger partial charge in [0.2, 0.25) is 0 Å². The van der Waals surface area contributed by atoms with Gasteiger partial charge in [0.15, 0.2) is 0 Å². The second kappa shape index (κ2) is 5.39. The third-order valence-electron chi connectivity index (χ3n) is 2.72. The Bertz CT molecular complexity index is 556. The molecule has 1 unspecified atom stereocenters. The van der Waals surface area contributed by atoms with Crippen molar-refractivity contribution in [1.82, 2.24) is 0 Å². The lowest BCUT2D eigenvalue weighted by atomic mass is 10.1. The van der Waals surface area contributed by atoms with E-state index in [0.717, 1.165) is 11.3 Å². The number of hydrogen-bond acceptors (Lipinski definition) is 4. The zero-order chi connectivity index (χ0) is 13.0. The quantitative estimate of drug-likeness (QED) is 0.864. The van der Waals surface area contributed by atoms with Crippen LogP contribution in [0.5, 0.6) is 0 Å². The van der Waals surface area contributed by atoms with Gasteiger partial charge in [-0.05, 0) is 36.8 Å². The maximum atomic E-state index is 9.87. The van der Waals surface area contributed by atoms with Crippen LogP contribution in [0, 0.1) is 18.3 Å². The Morgan fingerprint density at radius 3 is 2.94 bits per heavy atom. The van der Waals surface area contributed by atoms with Gasteiger partial charge in [-0.3, -0.25) is 0 Å². The molecule has 2 aromatic rings. The Kier molecular flexibility index (Phi) is 3.66. The summed E-state index contributed by atoms with van der Waals surface area (Å²) in [5.41, 5.74) is 2.47. The zero-order valence-electron chi connectivity index (χ0n) is 10.1. The van der Waals surface area contributed by atoms with E-state index < -0.39 is 6.10 Å². The molecule has 0 aliphatic rings. The van der Waals surface area contributed by atoms with Crippen molar-refractivity contribution in [3.8, 4) is 6.07 Å². The van der Waals surface area contributed by atoms with Gasteiger partial charge in [0.05, 0.1) is 17.9 Å². The molecule has 0 saturated heterocycles. The van der Waals surface area contributed by atoms with Crippen LogP contribution in [0.1, 0.15) is 23.0 Å². The molecule has 0 radical (unpaired) electrons. The number of aryl methyl sites for hydroxylation is 1. The largest absolute Gasteiger partial charge is 0.467 e. The highest BCUT2D eigenvalue weighted by atomic mass is 16.4. The topological polar surface area (TPSA) is 69.2 Å². The molecule has 0 aliphatic carbocycles. The van der Waals surface area contributed by atoms with Crippen LogP contribution in [-0.2, 0) is 0 Å². The van der Waals surface area contributed by atoms with Gasteiger partial charge in [-0.1, -0.05) is 6.07 Å². The lowest BCUT2D eigenvalue weighted by Crippen LogP contribution is -2.12. The summed E-state index contributed by atoms with van der Waals surface area (Å²) in [6.45, 7) is 2.28. The van der Waals surface area contributed by atoms with Gasteiger partial charge in [0, 0.05) is 12.2 Å². The fraction of sp³-hybridized carbons (Fsp3) is 0.214. The van der Waals surface area contributed by atoms with Gasteiger partial charge in [0.25, 0.3) is 0 Å². The molecular weight excluding hydrogens is 228 g/mol. The van der Waals surface area contributed by atoms with Crippen LogP contribution in [0.4, 0.5) is 5.69 Å². The van der Waals surface area contributed by atoms with E-state index in [9.17, 15) is 5.11 Å². The summed E-state index contributed by atoms with van der Waals surface area (Å²) in [6.07, 6.45) is 0.824. The summed E-state index contributed by atoms with van der Waals surface area (Å²) in [5.74, 6) is 0.525. The minimum atomic E-state index is -0.704. The number of aliphatic hydroxyl groups excluding tert-OH is 1. The summed E-state index contributed by atoms with van der Waals surface area (Å²) < 4.78 is 5.12. The van der Waals surface area contributed by atoms with Crippen molar-refractivity contribution >= 4 is 5.69 Å².